The number of rotatable bonds is 4. The number of hydrogen-bond donors (Lipinski definition) is 1. The molecule has 1 aliphatic heterocycles. The second-order valence-electron chi connectivity index (χ2n) is 7.80. The van der Waals surface area contributed by atoms with E-state index in [-0.39, 0.29) is 18.4 Å². The van der Waals surface area contributed by atoms with Gasteiger partial charge in [-0.3, -0.25) is 9.59 Å². The van der Waals surface area contributed by atoms with Crippen LogP contribution in [0.4, 0.5) is 17.1 Å². The van der Waals surface area contributed by atoms with Crippen molar-refractivity contribution in [1.82, 2.24) is 0 Å². The smallest absolute Gasteiger partial charge is 0.255 e. The Morgan fingerprint density at radius 2 is 1.96 bits per heavy atom. The molecular weight excluding hydrogens is 354 g/mol. The van der Waals surface area contributed by atoms with Gasteiger partial charge in [0.2, 0.25) is 5.91 Å². The van der Waals surface area contributed by atoms with Crippen LogP contribution in [0.2, 0.25) is 0 Å². The van der Waals surface area contributed by atoms with E-state index in [0.29, 0.717) is 23.5 Å². The second kappa shape index (κ2) is 7.54. The zero-order valence-corrected chi connectivity index (χ0v) is 17.1. The summed E-state index contributed by atoms with van der Waals surface area (Å²) < 4.78 is 5.92. The van der Waals surface area contributed by atoms with Gasteiger partial charge in [-0.25, -0.2) is 0 Å². The van der Waals surface area contributed by atoms with Crippen LogP contribution in [0.1, 0.15) is 31.1 Å². The van der Waals surface area contributed by atoms with E-state index in [4.69, 9.17) is 4.74 Å². The minimum absolute atomic E-state index is 0.0334. The lowest BCUT2D eigenvalue weighted by atomic mass is 9.93. The van der Waals surface area contributed by atoms with Crippen molar-refractivity contribution in [2.75, 3.05) is 42.4 Å². The van der Waals surface area contributed by atoms with Crippen LogP contribution in [0, 0.1) is 5.41 Å². The average molecular weight is 381 g/mol. The first-order chi connectivity index (χ1) is 13.2. The van der Waals surface area contributed by atoms with Gasteiger partial charge in [-0.2, -0.15) is 0 Å². The fraction of sp³-hybridized carbons (Fsp3) is 0.364. The van der Waals surface area contributed by atoms with Gasteiger partial charge in [-0.1, -0.05) is 6.07 Å². The van der Waals surface area contributed by atoms with Gasteiger partial charge in [-0.15, -0.1) is 0 Å². The molecular formula is C22H27N3O3. The Kier molecular flexibility index (Phi) is 5.31. The predicted molar refractivity (Wildman–Crippen MR) is 112 cm³/mol. The first-order valence-corrected chi connectivity index (χ1v) is 9.40. The summed E-state index contributed by atoms with van der Waals surface area (Å²) in [6.45, 7) is 6.55. The maximum absolute atomic E-state index is 12.8. The second-order valence-corrected chi connectivity index (χ2v) is 7.80. The molecule has 0 unspecified atom stereocenters. The van der Waals surface area contributed by atoms with Gasteiger partial charge in [0.15, 0.2) is 0 Å². The maximum atomic E-state index is 12.8. The Morgan fingerprint density at radius 3 is 2.64 bits per heavy atom. The van der Waals surface area contributed by atoms with E-state index in [0.717, 1.165) is 11.4 Å². The summed E-state index contributed by atoms with van der Waals surface area (Å²) in [6, 6.07) is 12.8. The molecule has 3 rings (SSSR count). The number of fused-ring (bicyclic) bond motifs is 1. The van der Waals surface area contributed by atoms with Crippen LogP contribution in [0.3, 0.4) is 0 Å². The van der Waals surface area contributed by atoms with E-state index < -0.39 is 5.41 Å². The Labute approximate surface area is 166 Å². The van der Waals surface area contributed by atoms with Crippen LogP contribution in [-0.2, 0) is 4.79 Å². The number of anilines is 3. The number of ether oxygens (including phenoxy) is 1. The predicted octanol–water partition coefficient (Wildman–Crippen LogP) is 3.78. The largest absolute Gasteiger partial charge is 0.490 e. The molecule has 28 heavy (non-hydrogen) atoms. The lowest BCUT2D eigenvalue weighted by Gasteiger charge is -2.26. The van der Waals surface area contributed by atoms with Gasteiger partial charge in [0.25, 0.3) is 5.91 Å². The molecule has 2 aromatic carbocycles. The standard InChI is InChI=1S/C22H27N3O3/c1-6-25-18-11-10-16(13-19(18)28-14-22(2,3)21(25)27)23-20(26)15-8-7-9-17(12-15)24(4)5/h7-13H,6,14H2,1-5H3,(H,23,26). The van der Waals surface area contributed by atoms with E-state index >= 15 is 0 Å². The SMILES string of the molecule is CCN1C(=O)C(C)(C)COc2cc(NC(=O)c3cccc(N(C)C)c3)ccc21. The molecule has 6 nitrogen and oxygen atoms in total. The maximum Gasteiger partial charge on any atom is 0.255 e. The van der Waals surface area contributed by atoms with Crippen LogP contribution >= 0.6 is 0 Å². The Balaban J connectivity index is 1.86. The lowest BCUT2D eigenvalue weighted by Crippen LogP contribution is -2.42. The van der Waals surface area contributed by atoms with Crippen molar-refractivity contribution in [1.29, 1.82) is 0 Å². The first kappa shape index (κ1) is 19.7. The molecule has 0 aromatic heterocycles. The summed E-state index contributed by atoms with van der Waals surface area (Å²) in [6.07, 6.45) is 0. The van der Waals surface area contributed by atoms with Crippen molar-refractivity contribution in [3.8, 4) is 5.75 Å². The molecule has 1 N–H and O–H groups in total. The molecule has 0 spiro atoms. The highest BCUT2D eigenvalue weighted by atomic mass is 16.5. The molecule has 1 aliphatic rings. The molecule has 0 radical (unpaired) electrons. The Bertz CT molecular complexity index is 906. The van der Waals surface area contributed by atoms with Gasteiger partial charge in [0.05, 0.1) is 11.1 Å². The normalized spacial score (nSPS) is 15.3. The van der Waals surface area contributed by atoms with Crippen molar-refractivity contribution in [3.05, 3.63) is 48.0 Å². The molecule has 0 saturated heterocycles. The van der Waals surface area contributed by atoms with Crippen LogP contribution in [0.5, 0.6) is 5.75 Å². The highest BCUT2D eigenvalue weighted by Gasteiger charge is 2.37. The molecule has 2 aromatic rings. The molecule has 0 aliphatic carbocycles. The molecule has 0 atom stereocenters. The van der Waals surface area contributed by atoms with Crippen molar-refractivity contribution in [2.24, 2.45) is 5.41 Å². The van der Waals surface area contributed by atoms with Crippen molar-refractivity contribution >= 4 is 28.9 Å². The Morgan fingerprint density at radius 1 is 1.21 bits per heavy atom. The minimum Gasteiger partial charge on any atom is -0.490 e. The van der Waals surface area contributed by atoms with Crippen LogP contribution in [0.25, 0.3) is 0 Å². The summed E-state index contributed by atoms with van der Waals surface area (Å²) in [4.78, 5) is 29.1. The monoisotopic (exact) mass is 381 g/mol. The summed E-state index contributed by atoms with van der Waals surface area (Å²) in [5, 5.41) is 2.92. The minimum atomic E-state index is -0.606. The molecule has 0 bridgehead atoms. The molecule has 0 saturated carbocycles. The third kappa shape index (κ3) is 3.81. The van der Waals surface area contributed by atoms with Crippen LogP contribution in [-0.4, -0.2) is 39.1 Å². The fourth-order valence-corrected chi connectivity index (χ4v) is 3.17. The molecule has 2 amide bonds. The molecule has 1 heterocycles. The number of carbonyl (C=O) groups excluding carboxylic acids is 2. The summed E-state index contributed by atoms with van der Waals surface area (Å²) in [5.41, 5.74) is 2.28. The number of nitrogens with one attached hydrogen (secondary N) is 1. The number of hydrogen-bond acceptors (Lipinski definition) is 4. The van der Waals surface area contributed by atoms with E-state index in [1.165, 1.54) is 0 Å². The topological polar surface area (TPSA) is 61.9 Å². The molecule has 148 valence electrons. The van der Waals surface area contributed by atoms with Gasteiger partial charge in [-0.05, 0) is 51.1 Å². The number of benzene rings is 2. The van der Waals surface area contributed by atoms with E-state index in [9.17, 15) is 9.59 Å². The van der Waals surface area contributed by atoms with E-state index in [1.807, 2.05) is 64.0 Å². The summed E-state index contributed by atoms with van der Waals surface area (Å²) in [7, 11) is 3.87. The van der Waals surface area contributed by atoms with Crippen molar-refractivity contribution in [3.63, 3.8) is 0 Å². The van der Waals surface area contributed by atoms with E-state index in [2.05, 4.69) is 5.32 Å². The third-order valence-corrected chi connectivity index (χ3v) is 4.86. The quantitative estimate of drug-likeness (QED) is 0.876. The zero-order valence-electron chi connectivity index (χ0n) is 17.1. The van der Waals surface area contributed by atoms with Gasteiger partial charge in [0, 0.05) is 43.6 Å². The molecule has 6 heteroatoms. The van der Waals surface area contributed by atoms with Crippen LogP contribution in [0.15, 0.2) is 42.5 Å². The first-order valence-electron chi connectivity index (χ1n) is 9.40. The fourth-order valence-electron chi connectivity index (χ4n) is 3.17. The van der Waals surface area contributed by atoms with Crippen molar-refractivity contribution in [2.45, 2.75) is 20.8 Å². The van der Waals surface area contributed by atoms with Crippen molar-refractivity contribution < 1.29 is 14.3 Å². The lowest BCUT2D eigenvalue weighted by molar-refractivity contribution is -0.127. The third-order valence-electron chi connectivity index (χ3n) is 4.86. The van der Waals surface area contributed by atoms with Crippen LogP contribution < -0.4 is 19.9 Å². The zero-order chi connectivity index (χ0) is 20.5. The van der Waals surface area contributed by atoms with Gasteiger partial charge in [0.1, 0.15) is 12.4 Å². The molecule has 0 fully saturated rings. The highest BCUT2D eigenvalue weighted by Crippen LogP contribution is 2.38. The average Bonchev–Trinajstić information content (AvgIpc) is 2.76. The van der Waals surface area contributed by atoms with Gasteiger partial charge >= 0.3 is 0 Å². The summed E-state index contributed by atoms with van der Waals surface area (Å²) >= 11 is 0. The number of amides is 2. The summed E-state index contributed by atoms with van der Waals surface area (Å²) in [5.74, 6) is 0.438. The highest BCUT2D eigenvalue weighted by molar-refractivity contribution is 6.05. The number of nitrogens with zero attached hydrogens (tertiary/aromatic N) is 2. The number of carbonyl (C=O) groups is 2. The van der Waals surface area contributed by atoms with E-state index in [1.54, 1.807) is 23.1 Å². The Hall–Kier alpha value is -3.02. The van der Waals surface area contributed by atoms with Gasteiger partial charge < -0.3 is 19.9 Å².